The first kappa shape index (κ1) is 14.2. The number of rotatable bonds is 2. The van der Waals surface area contributed by atoms with Crippen molar-refractivity contribution in [2.45, 2.75) is 50.4 Å². The van der Waals surface area contributed by atoms with Gasteiger partial charge in [0.1, 0.15) is 0 Å². The average Bonchev–Trinajstić information content (AvgIpc) is 2.84. The van der Waals surface area contributed by atoms with Crippen molar-refractivity contribution < 1.29 is 4.79 Å². The van der Waals surface area contributed by atoms with Gasteiger partial charge < -0.3 is 5.32 Å². The van der Waals surface area contributed by atoms with Gasteiger partial charge >= 0.3 is 0 Å². The molecule has 1 atom stereocenters. The molecule has 1 amide bonds. The third kappa shape index (κ3) is 2.42. The number of carbonyl (C=O) groups is 1. The van der Waals surface area contributed by atoms with E-state index in [0.29, 0.717) is 0 Å². The number of fused-ring (bicyclic) bond motifs is 2. The highest BCUT2D eigenvalue weighted by Gasteiger charge is 2.52. The summed E-state index contributed by atoms with van der Waals surface area (Å²) >= 11 is 0. The molecule has 1 aromatic heterocycles. The standard InChI is InChI=1S/C17H24N4O/c22-16-15-3-1-2-10-21(15)17(19-16)6-11-20(12-7-17)13-14-4-8-18-9-5-14/h4-5,8-9,15H,1-3,6-7,10-13H2,(H,19,22)/t15-/m0/s1. The molecule has 1 aromatic rings. The fourth-order valence-electron chi connectivity index (χ4n) is 4.34. The maximum Gasteiger partial charge on any atom is 0.238 e. The Hall–Kier alpha value is -1.46. The van der Waals surface area contributed by atoms with E-state index in [1.807, 2.05) is 12.4 Å². The topological polar surface area (TPSA) is 48.5 Å². The molecule has 3 aliphatic rings. The molecule has 0 aliphatic carbocycles. The van der Waals surface area contributed by atoms with Gasteiger partial charge in [-0.1, -0.05) is 6.42 Å². The van der Waals surface area contributed by atoms with Crippen LogP contribution in [0, 0.1) is 0 Å². The van der Waals surface area contributed by atoms with Crippen LogP contribution in [-0.4, -0.2) is 52.0 Å². The van der Waals surface area contributed by atoms with E-state index in [2.05, 4.69) is 32.2 Å². The predicted octanol–water partition coefficient (Wildman–Crippen LogP) is 1.36. The van der Waals surface area contributed by atoms with Crippen molar-refractivity contribution in [2.24, 2.45) is 0 Å². The molecule has 22 heavy (non-hydrogen) atoms. The van der Waals surface area contributed by atoms with Crippen molar-refractivity contribution in [1.29, 1.82) is 0 Å². The first-order valence-electron chi connectivity index (χ1n) is 8.47. The number of hydrogen-bond acceptors (Lipinski definition) is 4. The summed E-state index contributed by atoms with van der Waals surface area (Å²) in [5.74, 6) is 0.266. The van der Waals surface area contributed by atoms with Crippen molar-refractivity contribution >= 4 is 5.91 Å². The molecular formula is C17H24N4O. The van der Waals surface area contributed by atoms with Crippen molar-refractivity contribution in [3.05, 3.63) is 30.1 Å². The van der Waals surface area contributed by atoms with Crippen LogP contribution in [0.2, 0.25) is 0 Å². The lowest BCUT2D eigenvalue weighted by atomic mass is 9.93. The molecule has 0 unspecified atom stereocenters. The molecule has 5 nitrogen and oxygen atoms in total. The second kappa shape index (κ2) is 5.63. The zero-order valence-corrected chi connectivity index (χ0v) is 13.0. The second-order valence-corrected chi connectivity index (χ2v) is 6.86. The molecule has 3 saturated heterocycles. The quantitative estimate of drug-likeness (QED) is 0.896. The van der Waals surface area contributed by atoms with Crippen LogP contribution < -0.4 is 5.32 Å². The molecule has 118 valence electrons. The Balaban J connectivity index is 1.42. The highest BCUT2D eigenvalue weighted by molar-refractivity contribution is 5.85. The van der Waals surface area contributed by atoms with Gasteiger partial charge in [-0.3, -0.25) is 19.6 Å². The summed E-state index contributed by atoms with van der Waals surface area (Å²) in [6.45, 7) is 4.15. The zero-order chi connectivity index (χ0) is 15.0. The maximum absolute atomic E-state index is 12.3. The number of carbonyl (C=O) groups excluding carboxylic acids is 1. The number of amides is 1. The number of aromatic nitrogens is 1. The summed E-state index contributed by atoms with van der Waals surface area (Å²) in [6, 6.07) is 4.31. The van der Waals surface area contributed by atoms with Gasteiger partial charge in [-0.25, -0.2) is 0 Å². The Bertz CT molecular complexity index is 539. The van der Waals surface area contributed by atoms with Crippen LogP contribution in [0.15, 0.2) is 24.5 Å². The van der Waals surface area contributed by atoms with Gasteiger partial charge in [-0.15, -0.1) is 0 Å². The van der Waals surface area contributed by atoms with Crippen LogP contribution in [0.5, 0.6) is 0 Å². The van der Waals surface area contributed by atoms with Gasteiger partial charge in [0.15, 0.2) is 0 Å². The van der Waals surface area contributed by atoms with Gasteiger partial charge in [-0.05, 0) is 43.4 Å². The Kier molecular flexibility index (Phi) is 3.62. The Morgan fingerprint density at radius 1 is 1.18 bits per heavy atom. The van der Waals surface area contributed by atoms with E-state index in [4.69, 9.17) is 0 Å². The number of hydrogen-bond donors (Lipinski definition) is 1. The second-order valence-electron chi connectivity index (χ2n) is 6.86. The molecular weight excluding hydrogens is 276 g/mol. The van der Waals surface area contributed by atoms with Crippen molar-refractivity contribution in [2.75, 3.05) is 19.6 Å². The maximum atomic E-state index is 12.3. The predicted molar refractivity (Wildman–Crippen MR) is 84.0 cm³/mol. The molecule has 3 fully saturated rings. The van der Waals surface area contributed by atoms with E-state index in [1.54, 1.807) is 0 Å². The molecule has 0 radical (unpaired) electrons. The molecule has 1 spiro atoms. The van der Waals surface area contributed by atoms with Gasteiger partial charge in [0, 0.05) is 38.6 Å². The van der Waals surface area contributed by atoms with Crippen LogP contribution in [-0.2, 0) is 11.3 Å². The summed E-state index contributed by atoms with van der Waals surface area (Å²) in [5.41, 5.74) is 1.26. The minimum Gasteiger partial charge on any atom is -0.336 e. The Morgan fingerprint density at radius 2 is 1.95 bits per heavy atom. The summed E-state index contributed by atoms with van der Waals surface area (Å²) in [4.78, 5) is 21.3. The van der Waals surface area contributed by atoms with Crippen LogP contribution >= 0.6 is 0 Å². The van der Waals surface area contributed by atoms with Gasteiger partial charge in [0.2, 0.25) is 5.91 Å². The van der Waals surface area contributed by atoms with E-state index >= 15 is 0 Å². The fourth-order valence-corrected chi connectivity index (χ4v) is 4.34. The van der Waals surface area contributed by atoms with E-state index in [0.717, 1.165) is 45.4 Å². The average molecular weight is 300 g/mol. The highest BCUT2D eigenvalue weighted by atomic mass is 16.2. The summed E-state index contributed by atoms with van der Waals surface area (Å²) in [6.07, 6.45) is 9.26. The fraction of sp³-hybridized carbons (Fsp3) is 0.647. The normalized spacial score (nSPS) is 28.5. The zero-order valence-electron chi connectivity index (χ0n) is 13.0. The first-order chi connectivity index (χ1) is 10.8. The van der Waals surface area contributed by atoms with E-state index in [-0.39, 0.29) is 17.6 Å². The Labute approximate surface area is 131 Å². The Morgan fingerprint density at radius 3 is 2.73 bits per heavy atom. The third-order valence-corrected chi connectivity index (χ3v) is 5.55. The number of likely N-dealkylation sites (tertiary alicyclic amines) is 1. The molecule has 1 N–H and O–H groups in total. The number of pyridine rings is 1. The monoisotopic (exact) mass is 300 g/mol. The smallest absolute Gasteiger partial charge is 0.238 e. The first-order valence-corrected chi connectivity index (χ1v) is 8.47. The van der Waals surface area contributed by atoms with Crippen LogP contribution in [0.4, 0.5) is 0 Å². The van der Waals surface area contributed by atoms with Gasteiger partial charge in [0.25, 0.3) is 0 Å². The highest BCUT2D eigenvalue weighted by Crippen LogP contribution is 2.37. The van der Waals surface area contributed by atoms with Gasteiger partial charge in [-0.2, -0.15) is 0 Å². The number of piperidine rings is 2. The largest absolute Gasteiger partial charge is 0.336 e. The minimum absolute atomic E-state index is 0.0586. The number of nitrogens with zero attached hydrogens (tertiary/aromatic N) is 3. The lowest BCUT2D eigenvalue weighted by molar-refractivity contribution is -0.122. The molecule has 4 rings (SSSR count). The van der Waals surface area contributed by atoms with Crippen molar-refractivity contribution in [1.82, 2.24) is 20.1 Å². The summed E-state index contributed by atoms with van der Waals surface area (Å²) < 4.78 is 0. The van der Waals surface area contributed by atoms with Gasteiger partial charge in [0.05, 0.1) is 11.7 Å². The van der Waals surface area contributed by atoms with Crippen LogP contribution in [0.25, 0.3) is 0 Å². The van der Waals surface area contributed by atoms with E-state index < -0.39 is 0 Å². The molecule has 0 saturated carbocycles. The lowest BCUT2D eigenvalue weighted by Gasteiger charge is -2.46. The van der Waals surface area contributed by atoms with Crippen LogP contribution in [0.1, 0.15) is 37.7 Å². The number of nitrogens with one attached hydrogen (secondary N) is 1. The van der Waals surface area contributed by atoms with Crippen molar-refractivity contribution in [3.8, 4) is 0 Å². The SMILES string of the molecule is O=C1NC2(CCN(Cc3ccncc3)CC2)N2CCCC[C@@H]12. The summed E-state index contributed by atoms with van der Waals surface area (Å²) in [5, 5.41) is 3.35. The van der Waals surface area contributed by atoms with E-state index in [1.165, 1.54) is 18.4 Å². The van der Waals surface area contributed by atoms with Crippen molar-refractivity contribution in [3.63, 3.8) is 0 Å². The third-order valence-electron chi connectivity index (χ3n) is 5.55. The molecule has 0 aromatic carbocycles. The van der Waals surface area contributed by atoms with E-state index in [9.17, 15) is 4.79 Å². The van der Waals surface area contributed by atoms with Crippen LogP contribution in [0.3, 0.4) is 0 Å². The summed E-state index contributed by atoms with van der Waals surface area (Å²) in [7, 11) is 0. The lowest BCUT2D eigenvalue weighted by Crippen LogP contribution is -2.59. The molecule has 4 heterocycles. The molecule has 0 bridgehead atoms. The molecule has 3 aliphatic heterocycles. The minimum atomic E-state index is -0.0586. The molecule has 5 heteroatoms.